The van der Waals surface area contributed by atoms with Gasteiger partial charge in [0.25, 0.3) is 0 Å². The van der Waals surface area contributed by atoms with Crippen molar-refractivity contribution < 1.29 is 9.21 Å². The van der Waals surface area contributed by atoms with Crippen LogP contribution in [-0.4, -0.2) is 6.03 Å². The van der Waals surface area contributed by atoms with Crippen molar-refractivity contribution in [2.75, 3.05) is 5.32 Å². The van der Waals surface area contributed by atoms with E-state index in [-0.39, 0.29) is 6.03 Å². The summed E-state index contributed by atoms with van der Waals surface area (Å²) >= 11 is 0. The molecule has 0 aliphatic heterocycles. The van der Waals surface area contributed by atoms with Crippen molar-refractivity contribution in [1.29, 1.82) is 0 Å². The van der Waals surface area contributed by atoms with E-state index >= 15 is 0 Å². The zero-order valence-corrected chi connectivity index (χ0v) is 9.57. The van der Waals surface area contributed by atoms with Crippen LogP contribution in [0.5, 0.6) is 0 Å². The topological polar surface area (TPSA) is 54.3 Å². The summed E-state index contributed by atoms with van der Waals surface area (Å²) in [6.07, 6.45) is 1.58. The molecule has 88 valence electrons. The maximum atomic E-state index is 11.6. The van der Waals surface area contributed by atoms with Crippen LogP contribution in [0.25, 0.3) is 0 Å². The molecule has 4 nitrogen and oxygen atoms in total. The molecule has 2 N–H and O–H groups in total. The Bertz CT molecular complexity index is 492. The van der Waals surface area contributed by atoms with Crippen LogP contribution in [0.4, 0.5) is 10.5 Å². The van der Waals surface area contributed by atoms with Crippen molar-refractivity contribution in [3.8, 4) is 0 Å². The minimum absolute atomic E-state index is 0.244. The average Bonchev–Trinajstić information content (AvgIpc) is 2.79. The molecular formula is C13H14N2O2. The number of hydrogen-bond acceptors (Lipinski definition) is 2. The van der Waals surface area contributed by atoms with Crippen molar-refractivity contribution in [2.45, 2.75) is 13.5 Å². The van der Waals surface area contributed by atoms with Gasteiger partial charge in [0.15, 0.2) is 0 Å². The Morgan fingerprint density at radius 2 is 2.18 bits per heavy atom. The maximum Gasteiger partial charge on any atom is 0.319 e. The standard InChI is InChI=1S/C13H14N2O2/c1-10-4-2-5-11(8-10)15-13(16)14-9-12-6-3-7-17-12/h2-8H,9H2,1H3,(H2,14,15,16). The number of benzene rings is 1. The van der Waals surface area contributed by atoms with E-state index < -0.39 is 0 Å². The Morgan fingerprint density at radius 3 is 2.88 bits per heavy atom. The minimum Gasteiger partial charge on any atom is -0.467 e. The SMILES string of the molecule is Cc1cccc(NC(=O)NCc2ccco2)c1. The quantitative estimate of drug-likeness (QED) is 0.851. The van der Waals surface area contributed by atoms with Gasteiger partial charge in [-0.15, -0.1) is 0 Å². The number of carbonyl (C=O) groups excluding carboxylic acids is 1. The molecule has 0 saturated carbocycles. The van der Waals surface area contributed by atoms with Gasteiger partial charge in [-0.25, -0.2) is 4.79 Å². The Labute approximate surface area is 99.6 Å². The first-order chi connectivity index (χ1) is 8.24. The lowest BCUT2D eigenvalue weighted by atomic mass is 10.2. The fraction of sp³-hybridized carbons (Fsp3) is 0.154. The Kier molecular flexibility index (Phi) is 3.45. The number of rotatable bonds is 3. The van der Waals surface area contributed by atoms with Crippen LogP contribution in [-0.2, 0) is 6.54 Å². The molecule has 1 aromatic carbocycles. The van der Waals surface area contributed by atoms with Gasteiger partial charge in [0.2, 0.25) is 0 Å². The molecular weight excluding hydrogens is 216 g/mol. The fourth-order valence-corrected chi connectivity index (χ4v) is 1.48. The van der Waals surface area contributed by atoms with E-state index in [2.05, 4.69) is 10.6 Å². The highest BCUT2D eigenvalue weighted by molar-refractivity contribution is 5.89. The third-order valence-electron chi connectivity index (χ3n) is 2.28. The summed E-state index contributed by atoms with van der Waals surface area (Å²) in [5.41, 5.74) is 1.88. The van der Waals surface area contributed by atoms with E-state index in [9.17, 15) is 4.79 Å². The predicted molar refractivity (Wildman–Crippen MR) is 65.7 cm³/mol. The van der Waals surface area contributed by atoms with Gasteiger partial charge in [-0.05, 0) is 36.8 Å². The summed E-state index contributed by atoms with van der Waals surface area (Å²) in [5, 5.41) is 5.46. The highest BCUT2D eigenvalue weighted by Gasteiger charge is 2.02. The number of hydrogen-bond donors (Lipinski definition) is 2. The average molecular weight is 230 g/mol. The van der Waals surface area contributed by atoms with E-state index in [1.54, 1.807) is 12.3 Å². The number of urea groups is 1. The first kappa shape index (κ1) is 11.3. The number of aryl methyl sites for hydroxylation is 1. The maximum absolute atomic E-state index is 11.6. The summed E-state index contributed by atoms with van der Waals surface area (Å²) in [5.74, 6) is 0.726. The molecule has 0 fully saturated rings. The molecule has 0 bridgehead atoms. The Balaban J connectivity index is 1.85. The Hall–Kier alpha value is -2.23. The molecule has 0 radical (unpaired) electrons. The second-order valence-corrected chi connectivity index (χ2v) is 3.76. The first-order valence-electron chi connectivity index (χ1n) is 5.38. The normalized spacial score (nSPS) is 9.94. The van der Waals surface area contributed by atoms with Crippen LogP contribution in [0.2, 0.25) is 0 Å². The van der Waals surface area contributed by atoms with Crippen molar-refractivity contribution in [2.24, 2.45) is 0 Å². The third kappa shape index (κ3) is 3.38. The molecule has 0 atom stereocenters. The van der Waals surface area contributed by atoms with E-state index in [1.807, 2.05) is 37.3 Å². The van der Waals surface area contributed by atoms with Crippen LogP contribution in [0.1, 0.15) is 11.3 Å². The molecule has 2 rings (SSSR count). The van der Waals surface area contributed by atoms with Crippen molar-refractivity contribution >= 4 is 11.7 Å². The molecule has 17 heavy (non-hydrogen) atoms. The van der Waals surface area contributed by atoms with Crippen molar-refractivity contribution in [3.63, 3.8) is 0 Å². The van der Waals surface area contributed by atoms with Gasteiger partial charge in [0, 0.05) is 5.69 Å². The van der Waals surface area contributed by atoms with E-state index in [0.717, 1.165) is 17.0 Å². The minimum atomic E-state index is -0.244. The van der Waals surface area contributed by atoms with Crippen LogP contribution in [0.3, 0.4) is 0 Å². The van der Waals surface area contributed by atoms with E-state index in [1.165, 1.54) is 0 Å². The first-order valence-corrected chi connectivity index (χ1v) is 5.38. The molecule has 2 amide bonds. The molecule has 0 aliphatic rings. The second kappa shape index (κ2) is 5.21. The number of amides is 2. The number of nitrogens with one attached hydrogen (secondary N) is 2. The zero-order chi connectivity index (χ0) is 12.1. The molecule has 0 saturated heterocycles. The van der Waals surface area contributed by atoms with Gasteiger partial charge in [-0.1, -0.05) is 12.1 Å². The molecule has 1 aromatic heterocycles. The predicted octanol–water partition coefficient (Wildman–Crippen LogP) is 2.91. The molecule has 2 aromatic rings. The van der Waals surface area contributed by atoms with Crippen molar-refractivity contribution in [3.05, 3.63) is 54.0 Å². The summed E-state index contributed by atoms with van der Waals surface area (Å²) in [7, 11) is 0. The highest BCUT2D eigenvalue weighted by Crippen LogP contribution is 2.09. The summed E-state index contributed by atoms with van der Waals surface area (Å²) in [6, 6.07) is 11.0. The third-order valence-corrected chi connectivity index (χ3v) is 2.28. The monoisotopic (exact) mass is 230 g/mol. The van der Waals surface area contributed by atoms with Crippen molar-refractivity contribution in [1.82, 2.24) is 5.32 Å². The van der Waals surface area contributed by atoms with Gasteiger partial charge >= 0.3 is 6.03 Å². The smallest absolute Gasteiger partial charge is 0.319 e. The lowest BCUT2D eigenvalue weighted by molar-refractivity contribution is 0.251. The van der Waals surface area contributed by atoms with Gasteiger partial charge in [0.1, 0.15) is 5.76 Å². The van der Waals surface area contributed by atoms with Crippen LogP contribution >= 0.6 is 0 Å². The number of carbonyl (C=O) groups is 1. The van der Waals surface area contributed by atoms with Crippen LogP contribution < -0.4 is 10.6 Å². The fourth-order valence-electron chi connectivity index (χ4n) is 1.48. The highest BCUT2D eigenvalue weighted by atomic mass is 16.3. The van der Waals surface area contributed by atoms with Gasteiger partial charge < -0.3 is 15.1 Å². The summed E-state index contributed by atoms with van der Waals surface area (Å²) in [6.45, 7) is 2.36. The van der Waals surface area contributed by atoms with Crippen LogP contribution in [0.15, 0.2) is 47.1 Å². The zero-order valence-electron chi connectivity index (χ0n) is 9.57. The lowest BCUT2D eigenvalue weighted by Crippen LogP contribution is -2.27. The lowest BCUT2D eigenvalue weighted by Gasteiger charge is -2.06. The van der Waals surface area contributed by atoms with E-state index in [0.29, 0.717) is 6.54 Å². The number of furan rings is 1. The molecule has 0 spiro atoms. The summed E-state index contributed by atoms with van der Waals surface area (Å²) < 4.78 is 5.11. The molecule has 0 unspecified atom stereocenters. The second-order valence-electron chi connectivity index (χ2n) is 3.76. The van der Waals surface area contributed by atoms with Gasteiger partial charge in [0.05, 0.1) is 12.8 Å². The molecule has 4 heteroatoms. The van der Waals surface area contributed by atoms with Gasteiger partial charge in [-0.3, -0.25) is 0 Å². The van der Waals surface area contributed by atoms with Crippen LogP contribution in [0, 0.1) is 6.92 Å². The number of anilines is 1. The summed E-state index contributed by atoms with van der Waals surface area (Å²) in [4.78, 5) is 11.6. The largest absolute Gasteiger partial charge is 0.467 e. The molecule has 0 aliphatic carbocycles. The van der Waals surface area contributed by atoms with Gasteiger partial charge in [-0.2, -0.15) is 0 Å². The Morgan fingerprint density at radius 1 is 1.29 bits per heavy atom. The van der Waals surface area contributed by atoms with E-state index in [4.69, 9.17) is 4.42 Å². The molecule has 1 heterocycles.